The van der Waals surface area contributed by atoms with Crippen molar-refractivity contribution in [3.05, 3.63) is 88.5 Å². The van der Waals surface area contributed by atoms with Crippen molar-refractivity contribution < 1.29 is 4.79 Å². The van der Waals surface area contributed by atoms with Gasteiger partial charge in [0.05, 0.1) is 0 Å². The molecule has 0 heterocycles. The Morgan fingerprint density at radius 3 is 2.32 bits per heavy atom. The molecule has 1 aliphatic rings. The second-order valence-corrected chi connectivity index (χ2v) is 5.37. The molecule has 1 heteroatoms. The molecule has 22 heavy (non-hydrogen) atoms. The van der Waals surface area contributed by atoms with E-state index in [1.165, 1.54) is 11.1 Å². The van der Waals surface area contributed by atoms with Gasteiger partial charge in [-0.05, 0) is 53.8 Å². The highest BCUT2D eigenvalue weighted by atomic mass is 16.1. The van der Waals surface area contributed by atoms with Crippen LogP contribution in [0.4, 0.5) is 0 Å². The zero-order valence-electron chi connectivity index (χ0n) is 12.8. The van der Waals surface area contributed by atoms with Gasteiger partial charge in [0.1, 0.15) is 0 Å². The van der Waals surface area contributed by atoms with Crippen molar-refractivity contribution in [1.29, 1.82) is 0 Å². The molecule has 0 aromatic heterocycles. The van der Waals surface area contributed by atoms with Crippen molar-refractivity contribution in [2.24, 2.45) is 0 Å². The lowest BCUT2D eigenvalue weighted by molar-refractivity contribution is -0.113. The zero-order valence-corrected chi connectivity index (χ0v) is 12.8. The molecule has 0 unspecified atom stereocenters. The summed E-state index contributed by atoms with van der Waals surface area (Å²) in [5.74, 6) is 0.0977. The Kier molecular flexibility index (Phi) is 3.88. The van der Waals surface area contributed by atoms with E-state index < -0.39 is 0 Å². The van der Waals surface area contributed by atoms with Gasteiger partial charge in [-0.1, -0.05) is 60.7 Å². The van der Waals surface area contributed by atoms with E-state index in [9.17, 15) is 4.79 Å². The summed E-state index contributed by atoms with van der Waals surface area (Å²) in [7, 11) is 0. The number of carbonyl (C=O) groups excluding carboxylic acids is 1. The van der Waals surface area contributed by atoms with E-state index in [0.717, 1.165) is 22.3 Å². The zero-order chi connectivity index (χ0) is 15.5. The van der Waals surface area contributed by atoms with Gasteiger partial charge in [0.25, 0.3) is 0 Å². The third kappa shape index (κ3) is 2.58. The number of ketones is 1. The topological polar surface area (TPSA) is 17.1 Å². The lowest BCUT2D eigenvalue weighted by Gasteiger charge is -2.09. The summed E-state index contributed by atoms with van der Waals surface area (Å²) in [6, 6.07) is 18.5. The maximum atomic E-state index is 12.0. The molecule has 0 atom stereocenters. The minimum Gasteiger partial charge on any atom is -0.295 e. The molecule has 0 N–H and O–H groups in total. The average Bonchev–Trinajstić information content (AvgIpc) is 2.87. The van der Waals surface area contributed by atoms with Crippen LogP contribution in [0, 0.1) is 0 Å². The van der Waals surface area contributed by atoms with Crippen molar-refractivity contribution in [3.63, 3.8) is 0 Å². The van der Waals surface area contributed by atoms with Gasteiger partial charge >= 0.3 is 0 Å². The number of hydrogen-bond acceptors (Lipinski definition) is 1. The molecule has 3 rings (SSSR count). The normalized spacial score (nSPS) is 15.6. The molecule has 2 aromatic rings. The molecule has 0 amide bonds. The van der Waals surface area contributed by atoms with Crippen LogP contribution in [0.15, 0.2) is 71.8 Å². The molecule has 2 aromatic carbocycles. The third-order valence-electron chi connectivity index (χ3n) is 3.91. The van der Waals surface area contributed by atoms with Crippen LogP contribution in [0.5, 0.6) is 0 Å². The second-order valence-electron chi connectivity index (χ2n) is 5.37. The first-order valence-corrected chi connectivity index (χ1v) is 7.46. The number of fused-ring (bicyclic) bond motifs is 1. The predicted octanol–water partition coefficient (Wildman–Crippen LogP) is 5.16. The quantitative estimate of drug-likeness (QED) is 0.712. The molecule has 1 nitrogen and oxygen atoms in total. The molecule has 0 aliphatic heterocycles. The van der Waals surface area contributed by atoms with Crippen molar-refractivity contribution in [2.45, 2.75) is 13.8 Å². The van der Waals surface area contributed by atoms with Gasteiger partial charge < -0.3 is 0 Å². The van der Waals surface area contributed by atoms with Crippen LogP contribution >= 0.6 is 0 Å². The first-order valence-electron chi connectivity index (χ1n) is 7.46. The summed E-state index contributed by atoms with van der Waals surface area (Å²) in [5, 5.41) is 0. The first-order chi connectivity index (χ1) is 10.7. The lowest BCUT2D eigenvalue weighted by Crippen LogP contribution is -2.00. The van der Waals surface area contributed by atoms with Crippen molar-refractivity contribution in [2.75, 3.05) is 0 Å². The Hall–Kier alpha value is -2.67. The van der Waals surface area contributed by atoms with Crippen LogP contribution in [-0.2, 0) is 4.79 Å². The van der Waals surface area contributed by atoms with Crippen LogP contribution in [-0.4, -0.2) is 5.78 Å². The Labute approximate surface area is 131 Å². The molecule has 0 radical (unpaired) electrons. The van der Waals surface area contributed by atoms with Gasteiger partial charge in [0, 0.05) is 5.57 Å². The Bertz CT molecular complexity index is 805. The summed E-state index contributed by atoms with van der Waals surface area (Å²) in [6.07, 6.45) is 6.17. The summed E-state index contributed by atoms with van der Waals surface area (Å²) < 4.78 is 0. The van der Waals surface area contributed by atoms with Gasteiger partial charge in [-0.2, -0.15) is 0 Å². The van der Waals surface area contributed by atoms with Crippen molar-refractivity contribution in [3.8, 4) is 0 Å². The monoisotopic (exact) mass is 286 g/mol. The summed E-state index contributed by atoms with van der Waals surface area (Å²) in [5.41, 5.74) is 6.39. The van der Waals surface area contributed by atoms with Crippen molar-refractivity contribution in [1.82, 2.24) is 0 Å². The van der Waals surface area contributed by atoms with Gasteiger partial charge in [0.2, 0.25) is 0 Å². The fourth-order valence-electron chi connectivity index (χ4n) is 2.89. The summed E-state index contributed by atoms with van der Waals surface area (Å²) >= 11 is 0. The maximum Gasteiger partial charge on any atom is 0.160 e. The largest absolute Gasteiger partial charge is 0.295 e. The Morgan fingerprint density at radius 2 is 1.64 bits per heavy atom. The Morgan fingerprint density at radius 1 is 0.955 bits per heavy atom. The van der Waals surface area contributed by atoms with Gasteiger partial charge in [-0.15, -0.1) is 0 Å². The number of rotatable bonds is 3. The molecule has 1 aliphatic carbocycles. The molecule has 0 saturated carbocycles. The number of allylic oxidation sites excluding steroid dienone is 4. The van der Waals surface area contributed by atoms with E-state index >= 15 is 0 Å². The smallest absolute Gasteiger partial charge is 0.160 e. The van der Waals surface area contributed by atoms with E-state index in [-0.39, 0.29) is 5.78 Å². The fraction of sp³-hybridized carbons (Fsp3) is 0.0952. The van der Waals surface area contributed by atoms with Crippen LogP contribution in [0.3, 0.4) is 0 Å². The standard InChI is InChI=1S/C21H18O/c1-3-18(15(2)22)21-14-17-11-7-8-12-19(17)20(21)13-16-9-5-4-6-10-16/h3-14H,1-2H3/b18-3-,20-13+. The molecular weight excluding hydrogens is 268 g/mol. The maximum absolute atomic E-state index is 12.0. The fourth-order valence-corrected chi connectivity index (χ4v) is 2.89. The predicted molar refractivity (Wildman–Crippen MR) is 93.2 cm³/mol. The second kappa shape index (κ2) is 5.98. The summed E-state index contributed by atoms with van der Waals surface area (Å²) in [6.45, 7) is 3.54. The van der Waals surface area contributed by atoms with Gasteiger partial charge in [0.15, 0.2) is 5.78 Å². The van der Waals surface area contributed by atoms with E-state index in [1.807, 2.05) is 43.3 Å². The van der Waals surface area contributed by atoms with Gasteiger partial charge in [-0.25, -0.2) is 0 Å². The first kappa shape index (κ1) is 14.3. The Balaban J connectivity index is 2.18. The van der Waals surface area contributed by atoms with E-state index in [1.54, 1.807) is 6.92 Å². The molecule has 0 saturated heterocycles. The van der Waals surface area contributed by atoms with Crippen LogP contribution in [0.1, 0.15) is 30.5 Å². The van der Waals surface area contributed by atoms with Crippen molar-refractivity contribution >= 4 is 23.5 Å². The van der Waals surface area contributed by atoms with Crippen LogP contribution < -0.4 is 0 Å². The van der Waals surface area contributed by atoms with Crippen LogP contribution in [0.25, 0.3) is 17.7 Å². The highest BCUT2D eigenvalue weighted by Crippen LogP contribution is 2.40. The molecule has 0 spiro atoms. The molecule has 0 bridgehead atoms. The van der Waals surface area contributed by atoms with E-state index in [0.29, 0.717) is 0 Å². The molecular formula is C21H18O. The highest BCUT2D eigenvalue weighted by molar-refractivity contribution is 6.13. The number of hydrogen-bond donors (Lipinski definition) is 0. The average molecular weight is 286 g/mol. The highest BCUT2D eigenvalue weighted by Gasteiger charge is 2.22. The minimum atomic E-state index is 0.0977. The molecule has 0 fully saturated rings. The lowest BCUT2D eigenvalue weighted by atomic mass is 9.93. The SMILES string of the molecule is C/C=C(/C(C)=O)C1=Cc2ccccc2/C1=C\c1ccccc1. The minimum absolute atomic E-state index is 0.0977. The summed E-state index contributed by atoms with van der Waals surface area (Å²) in [4.78, 5) is 12.0. The molecule has 108 valence electrons. The van der Waals surface area contributed by atoms with Crippen LogP contribution in [0.2, 0.25) is 0 Å². The third-order valence-corrected chi connectivity index (χ3v) is 3.91. The number of Topliss-reactive ketones (excluding diaryl/α,β-unsaturated/α-hetero) is 1. The van der Waals surface area contributed by atoms with Gasteiger partial charge in [-0.3, -0.25) is 4.79 Å². The number of carbonyl (C=O) groups is 1. The number of benzene rings is 2. The van der Waals surface area contributed by atoms with E-state index in [4.69, 9.17) is 0 Å². The van der Waals surface area contributed by atoms with E-state index in [2.05, 4.69) is 36.4 Å².